The van der Waals surface area contributed by atoms with Gasteiger partial charge in [0.15, 0.2) is 11.6 Å². The standard InChI is InChI=1S/C27H38F2N6O4/c1-5-8-22(30-25(36)15-19-13-20(28)16-21(29)14-19)26(37)31-24-17-23(39-32-24)18(4)34-9-11-35(12-10-34)27(38)33(6-2)7-3/h13-14,16-18,22H,5-12,15H2,1-4H3,(H,30,36)(H,31,32,37). The van der Waals surface area contributed by atoms with Gasteiger partial charge in [-0.1, -0.05) is 18.5 Å². The van der Waals surface area contributed by atoms with Gasteiger partial charge in [0.05, 0.1) is 12.5 Å². The normalized spacial score (nSPS) is 15.5. The molecule has 3 rings (SSSR count). The first kappa shape index (κ1) is 30.0. The Labute approximate surface area is 227 Å². The number of hydrogen-bond donors (Lipinski definition) is 2. The molecule has 0 saturated carbocycles. The van der Waals surface area contributed by atoms with Gasteiger partial charge in [0.1, 0.15) is 17.7 Å². The minimum atomic E-state index is -0.852. The van der Waals surface area contributed by atoms with E-state index in [0.29, 0.717) is 57.9 Å². The van der Waals surface area contributed by atoms with E-state index in [1.807, 2.05) is 32.6 Å². The maximum absolute atomic E-state index is 13.4. The summed E-state index contributed by atoms with van der Waals surface area (Å²) >= 11 is 0. The molecule has 1 saturated heterocycles. The number of piperazine rings is 1. The second-order valence-electron chi connectivity index (χ2n) is 9.62. The Morgan fingerprint density at radius 1 is 1.03 bits per heavy atom. The number of carbonyl (C=O) groups excluding carboxylic acids is 3. The van der Waals surface area contributed by atoms with Crippen molar-refractivity contribution in [3.8, 4) is 0 Å². The third-order valence-corrected chi connectivity index (χ3v) is 6.87. The van der Waals surface area contributed by atoms with Gasteiger partial charge in [-0.2, -0.15) is 0 Å². The number of rotatable bonds is 11. The van der Waals surface area contributed by atoms with Crippen LogP contribution in [-0.4, -0.2) is 83.0 Å². The van der Waals surface area contributed by atoms with E-state index in [9.17, 15) is 23.2 Å². The number of amides is 4. The zero-order chi connectivity index (χ0) is 28.5. The van der Waals surface area contributed by atoms with Gasteiger partial charge in [0.25, 0.3) is 0 Å². The molecule has 0 radical (unpaired) electrons. The molecule has 2 unspecified atom stereocenters. The van der Waals surface area contributed by atoms with Crippen LogP contribution in [0.25, 0.3) is 0 Å². The van der Waals surface area contributed by atoms with Crippen LogP contribution in [-0.2, 0) is 16.0 Å². The van der Waals surface area contributed by atoms with E-state index in [1.165, 1.54) is 0 Å². The average molecular weight is 549 g/mol. The number of halogens is 2. The summed E-state index contributed by atoms with van der Waals surface area (Å²) in [7, 11) is 0. The van der Waals surface area contributed by atoms with Crippen LogP contribution >= 0.6 is 0 Å². The fourth-order valence-corrected chi connectivity index (χ4v) is 4.63. The summed E-state index contributed by atoms with van der Waals surface area (Å²) in [6.45, 7) is 11.7. The molecule has 1 aromatic carbocycles. The lowest BCUT2D eigenvalue weighted by molar-refractivity contribution is -0.126. The van der Waals surface area contributed by atoms with Gasteiger partial charge in [0, 0.05) is 51.4 Å². The van der Waals surface area contributed by atoms with Crippen molar-refractivity contribution in [2.45, 2.75) is 59.0 Å². The molecule has 2 atom stereocenters. The second-order valence-corrected chi connectivity index (χ2v) is 9.62. The Bertz CT molecular complexity index is 1110. The lowest BCUT2D eigenvalue weighted by atomic mass is 10.1. The fraction of sp³-hybridized carbons (Fsp3) is 0.556. The predicted molar refractivity (Wildman–Crippen MR) is 142 cm³/mol. The molecule has 0 spiro atoms. The molecule has 12 heteroatoms. The first-order valence-corrected chi connectivity index (χ1v) is 13.4. The molecule has 1 aliphatic heterocycles. The van der Waals surface area contributed by atoms with Crippen molar-refractivity contribution in [2.75, 3.05) is 44.6 Å². The fourth-order valence-electron chi connectivity index (χ4n) is 4.63. The lowest BCUT2D eigenvalue weighted by Gasteiger charge is -2.39. The minimum absolute atomic E-state index is 0.0498. The average Bonchev–Trinajstić information content (AvgIpc) is 3.36. The molecule has 39 heavy (non-hydrogen) atoms. The maximum atomic E-state index is 13.4. The van der Waals surface area contributed by atoms with E-state index in [4.69, 9.17) is 4.52 Å². The van der Waals surface area contributed by atoms with Crippen LogP contribution in [0.3, 0.4) is 0 Å². The van der Waals surface area contributed by atoms with E-state index in [2.05, 4.69) is 20.7 Å². The topological polar surface area (TPSA) is 111 Å². The summed E-state index contributed by atoms with van der Waals surface area (Å²) in [6, 6.07) is 3.62. The summed E-state index contributed by atoms with van der Waals surface area (Å²) in [5.41, 5.74) is 0.175. The number of hydrogen-bond acceptors (Lipinski definition) is 6. The van der Waals surface area contributed by atoms with Gasteiger partial charge in [-0.25, -0.2) is 13.6 Å². The van der Waals surface area contributed by atoms with Crippen molar-refractivity contribution < 1.29 is 27.7 Å². The Balaban J connectivity index is 1.54. The molecule has 0 aliphatic carbocycles. The molecule has 1 fully saturated rings. The van der Waals surface area contributed by atoms with E-state index in [0.717, 1.165) is 18.2 Å². The number of carbonyl (C=O) groups is 3. The number of urea groups is 1. The predicted octanol–water partition coefficient (Wildman–Crippen LogP) is 3.56. The number of anilines is 1. The monoisotopic (exact) mass is 548 g/mol. The largest absolute Gasteiger partial charge is 0.358 e. The summed E-state index contributed by atoms with van der Waals surface area (Å²) in [5, 5.41) is 9.29. The molecule has 2 aromatic rings. The third-order valence-electron chi connectivity index (χ3n) is 6.87. The molecular formula is C27H38F2N6O4. The van der Waals surface area contributed by atoms with E-state index < -0.39 is 29.5 Å². The highest BCUT2D eigenvalue weighted by molar-refractivity contribution is 5.96. The van der Waals surface area contributed by atoms with Crippen LogP contribution in [0.1, 0.15) is 57.9 Å². The van der Waals surface area contributed by atoms with Crippen LogP contribution in [0.4, 0.5) is 19.4 Å². The van der Waals surface area contributed by atoms with Crippen molar-refractivity contribution in [2.24, 2.45) is 0 Å². The van der Waals surface area contributed by atoms with E-state index >= 15 is 0 Å². The summed E-state index contributed by atoms with van der Waals surface area (Å²) in [5.74, 6) is -1.75. The lowest BCUT2D eigenvalue weighted by Crippen LogP contribution is -2.53. The first-order chi connectivity index (χ1) is 18.6. The highest BCUT2D eigenvalue weighted by Gasteiger charge is 2.29. The van der Waals surface area contributed by atoms with Crippen LogP contribution in [0, 0.1) is 11.6 Å². The highest BCUT2D eigenvalue weighted by Crippen LogP contribution is 2.24. The zero-order valence-corrected chi connectivity index (χ0v) is 23.0. The Morgan fingerprint density at radius 2 is 1.67 bits per heavy atom. The van der Waals surface area contributed by atoms with E-state index in [1.54, 1.807) is 11.0 Å². The summed E-state index contributed by atoms with van der Waals surface area (Å²) in [4.78, 5) is 43.8. The molecule has 4 amide bonds. The quantitative estimate of drug-likeness (QED) is 0.444. The molecule has 10 nitrogen and oxygen atoms in total. The number of benzene rings is 1. The number of nitrogens with zero attached hydrogens (tertiary/aromatic N) is 4. The zero-order valence-electron chi connectivity index (χ0n) is 23.0. The van der Waals surface area contributed by atoms with Crippen LogP contribution in [0.5, 0.6) is 0 Å². The Kier molecular flexibility index (Phi) is 10.8. The van der Waals surface area contributed by atoms with Crippen molar-refractivity contribution in [3.05, 3.63) is 47.2 Å². The van der Waals surface area contributed by atoms with Crippen LogP contribution < -0.4 is 10.6 Å². The van der Waals surface area contributed by atoms with Crippen molar-refractivity contribution >= 4 is 23.7 Å². The number of nitrogens with one attached hydrogen (secondary N) is 2. The summed E-state index contributed by atoms with van der Waals surface area (Å²) < 4.78 is 32.4. The van der Waals surface area contributed by atoms with Crippen molar-refractivity contribution in [3.63, 3.8) is 0 Å². The first-order valence-electron chi connectivity index (χ1n) is 13.4. The highest BCUT2D eigenvalue weighted by atomic mass is 19.1. The van der Waals surface area contributed by atoms with Gasteiger partial charge in [-0.05, 0) is 44.9 Å². The van der Waals surface area contributed by atoms with Crippen LogP contribution in [0.2, 0.25) is 0 Å². The molecule has 1 aromatic heterocycles. The molecule has 0 bridgehead atoms. The van der Waals surface area contributed by atoms with Crippen LogP contribution in [0.15, 0.2) is 28.8 Å². The number of aromatic nitrogens is 1. The SMILES string of the molecule is CCCC(NC(=O)Cc1cc(F)cc(F)c1)C(=O)Nc1cc(C(C)N2CCN(C(=O)N(CC)CC)CC2)on1. The van der Waals surface area contributed by atoms with Gasteiger partial charge in [-0.3, -0.25) is 14.5 Å². The van der Waals surface area contributed by atoms with Gasteiger partial charge in [0.2, 0.25) is 11.8 Å². The molecular weight excluding hydrogens is 510 g/mol. The molecule has 1 aliphatic rings. The maximum Gasteiger partial charge on any atom is 0.320 e. The Hall–Kier alpha value is -3.54. The van der Waals surface area contributed by atoms with Crippen molar-refractivity contribution in [1.29, 1.82) is 0 Å². The van der Waals surface area contributed by atoms with Gasteiger partial charge in [-0.15, -0.1) is 0 Å². The van der Waals surface area contributed by atoms with Gasteiger partial charge >= 0.3 is 6.03 Å². The summed E-state index contributed by atoms with van der Waals surface area (Å²) in [6.07, 6.45) is 0.727. The smallest absolute Gasteiger partial charge is 0.320 e. The van der Waals surface area contributed by atoms with Crippen molar-refractivity contribution in [1.82, 2.24) is 25.2 Å². The second kappa shape index (κ2) is 14.0. The molecule has 2 N–H and O–H groups in total. The third kappa shape index (κ3) is 8.22. The van der Waals surface area contributed by atoms with E-state index in [-0.39, 0.29) is 29.9 Å². The molecule has 214 valence electrons. The molecule has 2 heterocycles. The Morgan fingerprint density at radius 3 is 2.26 bits per heavy atom. The minimum Gasteiger partial charge on any atom is -0.358 e. The van der Waals surface area contributed by atoms with Gasteiger partial charge < -0.3 is 25.0 Å².